The Bertz CT molecular complexity index is 930. The van der Waals surface area contributed by atoms with Gasteiger partial charge < -0.3 is 15.1 Å². The molecule has 0 N–H and O–H groups in total. The summed E-state index contributed by atoms with van der Waals surface area (Å²) in [5.41, 5.74) is 4.45. The molecule has 0 saturated carbocycles. The average Bonchev–Trinajstić information content (AvgIpc) is 2.70. The summed E-state index contributed by atoms with van der Waals surface area (Å²) in [6, 6.07) is 26.7. The molecule has 1 aliphatic heterocycles. The molecule has 3 aromatic carbocycles. The van der Waals surface area contributed by atoms with Gasteiger partial charge in [0, 0.05) is 12.6 Å². The van der Waals surface area contributed by atoms with Crippen molar-refractivity contribution in [2.24, 2.45) is 0 Å². The van der Waals surface area contributed by atoms with Crippen LogP contribution in [0.15, 0.2) is 90.8 Å². The van der Waals surface area contributed by atoms with Crippen LogP contribution in [0.3, 0.4) is 0 Å². The molecule has 3 aromatic rings. The maximum atomic E-state index is 13.4. The molecular formula is C23H19Li2NO2. The molecule has 0 amide bonds. The molecule has 3 nitrogen and oxygen atoms in total. The third-order valence-corrected chi connectivity index (χ3v) is 4.88. The van der Waals surface area contributed by atoms with E-state index in [1.165, 1.54) is 0 Å². The first-order valence-electron chi connectivity index (χ1n) is 8.74. The molecule has 4 rings (SSSR count). The molecule has 1 atom stereocenters. The second-order valence-electron chi connectivity index (χ2n) is 6.42. The van der Waals surface area contributed by atoms with E-state index in [0.29, 0.717) is 12.1 Å². The first-order valence-corrected chi connectivity index (χ1v) is 8.74. The number of benzene rings is 3. The van der Waals surface area contributed by atoms with Gasteiger partial charge in [-0.15, -0.1) is 6.61 Å². The van der Waals surface area contributed by atoms with E-state index in [4.69, 9.17) is 0 Å². The van der Waals surface area contributed by atoms with Crippen molar-refractivity contribution in [3.05, 3.63) is 113 Å². The molecule has 130 valence electrons. The van der Waals surface area contributed by atoms with Crippen molar-refractivity contribution in [3.63, 3.8) is 0 Å². The largest absolute Gasteiger partial charge is 1.00 e. The molecule has 0 aliphatic carbocycles. The van der Waals surface area contributed by atoms with Crippen molar-refractivity contribution in [2.45, 2.75) is 12.6 Å². The van der Waals surface area contributed by atoms with Gasteiger partial charge in [-0.3, -0.25) is 0 Å². The van der Waals surface area contributed by atoms with E-state index in [1.54, 1.807) is 4.90 Å². The number of nitrogens with zero attached hydrogens (tertiary/aromatic N) is 1. The molecule has 0 fully saturated rings. The van der Waals surface area contributed by atoms with Crippen molar-refractivity contribution in [2.75, 3.05) is 6.61 Å². The summed E-state index contributed by atoms with van der Waals surface area (Å²) in [5, 5.41) is 25.4. The molecule has 0 bridgehead atoms. The van der Waals surface area contributed by atoms with Crippen LogP contribution >= 0.6 is 0 Å². The minimum Gasteiger partial charge on any atom is -0.860 e. The average molecular weight is 355 g/mol. The maximum Gasteiger partial charge on any atom is 1.00 e. The fourth-order valence-corrected chi connectivity index (χ4v) is 3.59. The van der Waals surface area contributed by atoms with Gasteiger partial charge in [-0.1, -0.05) is 84.9 Å². The zero-order chi connectivity index (χ0) is 17.9. The summed E-state index contributed by atoms with van der Waals surface area (Å²) in [5.74, 6) is -0.0837. The molecule has 28 heavy (non-hydrogen) atoms. The van der Waals surface area contributed by atoms with Crippen molar-refractivity contribution >= 4 is 5.57 Å². The summed E-state index contributed by atoms with van der Waals surface area (Å²) >= 11 is 0. The molecule has 1 aliphatic rings. The van der Waals surface area contributed by atoms with E-state index in [2.05, 4.69) is 0 Å². The Balaban J connectivity index is 0.00000140. The molecule has 0 unspecified atom stereocenters. The van der Waals surface area contributed by atoms with Gasteiger partial charge in [0.2, 0.25) is 0 Å². The topological polar surface area (TPSA) is 49.4 Å². The Kier molecular flexibility index (Phi) is 8.08. The number of rotatable bonds is 4. The van der Waals surface area contributed by atoms with Gasteiger partial charge in [0.05, 0.1) is 0 Å². The Morgan fingerprint density at radius 3 is 2.00 bits per heavy atom. The van der Waals surface area contributed by atoms with Crippen LogP contribution in [0, 0.1) is 0 Å². The third-order valence-electron chi connectivity index (χ3n) is 4.88. The number of hydrogen-bond donors (Lipinski definition) is 0. The van der Waals surface area contributed by atoms with Crippen molar-refractivity contribution in [1.82, 2.24) is 4.90 Å². The van der Waals surface area contributed by atoms with E-state index in [9.17, 15) is 10.2 Å². The quantitative estimate of drug-likeness (QED) is 0.461. The van der Waals surface area contributed by atoms with Crippen LogP contribution < -0.4 is 47.9 Å². The summed E-state index contributed by atoms with van der Waals surface area (Å²) < 4.78 is 0. The Morgan fingerprint density at radius 2 is 1.36 bits per heavy atom. The minimum absolute atomic E-state index is 0. The second kappa shape index (κ2) is 10.1. The first-order chi connectivity index (χ1) is 12.8. The van der Waals surface area contributed by atoms with Crippen LogP contribution in [-0.2, 0) is 6.54 Å². The van der Waals surface area contributed by atoms with Gasteiger partial charge in [-0.2, -0.15) is 0 Å². The maximum absolute atomic E-state index is 13.4. The molecule has 0 spiro atoms. The van der Waals surface area contributed by atoms with Gasteiger partial charge in [0.15, 0.2) is 0 Å². The smallest absolute Gasteiger partial charge is 0.860 e. The Hall–Kier alpha value is -1.85. The van der Waals surface area contributed by atoms with Crippen molar-refractivity contribution < 1.29 is 47.9 Å². The second-order valence-corrected chi connectivity index (χ2v) is 6.42. The van der Waals surface area contributed by atoms with Crippen LogP contribution in [0.25, 0.3) is 5.57 Å². The Morgan fingerprint density at radius 1 is 0.786 bits per heavy atom. The van der Waals surface area contributed by atoms with Crippen molar-refractivity contribution in [3.8, 4) is 0 Å². The predicted molar refractivity (Wildman–Crippen MR) is 98.5 cm³/mol. The van der Waals surface area contributed by atoms with Gasteiger partial charge in [0.25, 0.3) is 0 Å². The van der Waals surface area contributed by atoms with Gasteiger partial charge in [-0.25, -0.2) is 0 Å². The predicted octanol–water partition coefficient (Wildman–Crippen LogP) is -3.31. The monoisotopic (exact) mass is 355 g/mol. The molecular weight excluding hydrogens is 336 g/mol. The molecule has 0 radical (unpaired) electrons. The number of hydrogen-bond acceptors (Lipinski definition) is 3. The van der Waals surface area contributed by atoms with Gasteiger partial charge in [0.1, 0.15) is 0 Å². The van der Waals surface area contributed by atoms with Gasteiger partial charge in [-0.05, 0) is 33.7 Å². The number of fused-ring (bicyclic) bond motifs is 1. The summed E-state index contributed by atoms with van der Waals surface area (Å²) in [7, 11) is 0. The summed E-state index contributed by atoms with van der Waals surface area (Å²) in [6.45, 7) is 0.0904. The molecule has 0 saturated heterocycles. The fourth-order valence-electron chi connectivity index (χ4n) is 3.59. The van der Waals surface area contributed by atoms with Crippen molar-refractivity contribution in [1.29, 1.82) is 0 Å². The zero-order valence-corrected chi connectivity index (χ0v) is 16.3. The zero-order valence-electron chi connectivity index (χ0n) is 16.3. The molecule has 1 heterocycles. The van der Waals surface area contributed by atoms with Crippen LogP contribution in [-0.4, -0.2) is 11.5 Å². The van der Waals surface area contributed by atoms with Crippen LogP contribution in [0.2, 0.25) is 0 Å². The van der Waals surface area contributed by atoms with E-state index >= 15 is 0 Å². The first kappa shape index (κ1) is 22.4. The van der Waals surface area contributed by atoms with E-state index in [-0.39, 0.29) is 50.2 Å². The Labute approximate surface area is 190 Å². The van der Waals surface area contributed by atoms with Crippen LogP contribution in [0.5, 0.6) is 0 Å². The summed E-state index contributed by atoms with van der Waals surface area (Å²) in [6.07, 6.45) is 0. The third kappa shape index (κ3) is 4.26. The van der Waals surface area contributed by atoms with Crippen LogP contribution in [0.1, 0.15) is 28.3 Å². The molecule has 5 heteroatoms. The SMILES string of the molecule is [Li+].[Li+].[O-]C[C@@H](c1ccccc1)N1Cc2ccccc2C(c2ccccc2)=C1[O-]. The van der Waals surface area contributed by atoms with Gasteiger partial charge >= 0.3 is 37.7 Å². The minimum atomic E-state index is -0.476. The fraction of sp³-hybridized carbons (Fsp3) is 0.130. The normalized spacial score (nSPS) is 13.8. The standard InChI is InChI=1S/C23H20NO2.2Li/c25-16-21(17-9-3-1-4-10-17)24-15-19-13-7-8-14-20(19)22(23(24)26)18-11-5-2-6-12-18;;/h1-14,21,26H,15-16H2;;/q-1;2*+1/p-1/t21-;;/m0../s1. The van der Waals surface area contributed by atoms with E-state index in [1.807, 2.05) is 84.9 Å². The van der Waals surface area contributed by atoms with Crippen LogP contribution in [0.4, 0.5) is 0 Å². The van der Waals surface area contributed by atoms with E-state index < -0.39 is 6.04 Å². The molecule has 0 aromatic heterocycles. The summed E-state index contributed by atoms with van der Waals surface area (Å²) in [4.78, 5) is 1.72. The van der Waals surface area contributed by atoms with E-state index in [0.717, 1.165) is 22.3 Å².